The zero-order valence-corrected chi connectivity index (χ0v) is 11.8. The second-order valence-electron chi connectivity index (χ2n) is 5.19. The number of aromatic nitrogens is 1. The van der Waals surface area contributed by atoms with Crippen LogP contribution >= 0.6 is 0 Å². The maximum absolute atomic E-state index is 12.6. The Labute approximate surface area is 127 Å². The maximum atomic E-state index is 12.6. The zero-order valence-electron chi connectivity index (χ0n) is 11.8. The minimum atomic E-state index is -0.599. The SMILES string of the molecule is O=C1c2cc3ccccc3nc2C=CC1Oc1ccccc1. The van der Waals surface area contributed by atoms with Gasteiger partial charge in [-0.1, -0.05) is 36.4 Å². The van der Waals surface area contributed by atoms with Crippen molar-refractivity contribution in [1.82, 2.24) is 4.98 Å². The lowest BCUT2D eigenvalue weighted by Crippen LogP contribution is -2.28. The van der Waals surface area contributed by atoms with Crippen LogP contribution < -0.4 is 4.74 Å². The van der Waals surface area contributed by atoms with Gasteiger partial charge in [0.2, 0.25) is 5.78 Å². The molecule has 0 amide bonds. The van der Waals surface area contributed by atoms with Gasteiger partial charge in [0.25, 0.3) is 0 Å². The fourth-order valence-corrected chi connectivity index (χ4v) is 2.61. The number of carbonyl (C=O) groups excluding carboxylic acids is 1. The number of nitrogens with zero attached hydrogens (tertiary/aromatic N) is 1. The molecule has 1 aliphatic carbocycles. The molecule has 2 aromatic carbocycles. The molecule has 0 spiro atoms. The molecule has 0 bridgehead atoms. The highest BCUT2D eigenvalue weighted by Crippen LogP contribution is 2.25. The first-order valence-electron chi connectivity index (χ1n) is 7.15. The van der Waals surface area contributed by atoms with Crippen LogP contribution in [-0.2, 0) is 0 Å². The van der Waals surface area contributed by atoms with E-state index in [1.54, 1.807) is 6.08 Å². The fourth-order valence-electron chi connectivity index (χ4n) is 2.61. The van der Waals surface area contributed by atoms with Gasteiger partial charge in [-0.15, -0.1) is 0 Å². The summed E-state index contributed by atoms with van der Waals surface area (Å²) in [4.78, 5) is 17.2. The highest BCUT2D eigenvalue weighted by molar-refractivity contribution is 6.07. The molecule has 4 rings (SSSR count). The quantitative estimate of drug-likeness (QED) is 0.717. The van der Waals surface area contributed by atoms with Gasteiger partial charge < -0.3 is 4.74 Å². The Morgan fingerprint density at radius 1 is 0.955 bits per heavy atom. The van der Waals surface area contributed by atoms with Crippen molar-refractivity contribution in [3.63, 3.8) is 0 Å². The van der Waals surface area contributed by atoms with E-state index in [9.17, 15) is 4.79 Å². The van der Waals surface area contributed by atoms with Crippen molar-refractivity contribution in [2.45, 2.75) is 6.10 Å². The van der Waals surface area contributed by atoms with Gasteiger partial charge in [-0.2, -0.15) is 0 Å². The van der Waals surface area contributed by atoms with Crippen LogP contribution in [0.25, 0.3) is 17.0 Å². The van der Waals surface area contributed by atoms with Crippen LogP contribution in [0.3, 0.4) is 0 Å². The van der Waals surface area contributed by atoms with Crippen molar-refractivity contribution in [2.75, 3.05) is 0 Å². The van der Waals surface area contributed by atoms with E-state index in [2.05, 4.69) is 4.98 Å². The molecule has 1 heterocycles. The molecule has 1 atom stereocenters. The molecular formula is C19H13NO2. The molecule has 1 aromatic heterocycles. The third kappa shape index (κ3) is 2.17. The van der Waals surface area contributed by atoms with Gasteiger partial charge in [-0.05, 0) is 36.4 Å². The number of para-hydroxylation sites is 2. The number of carbonyl (C=O) groups is 1. The summed E-state index contributed by atoms with van der Waals surface area (Å²) in [6, 6.07) is 19.0. The van der Waals surface area contributed by atoms with E-state index in [0.29, 0.717) is 17.0 Å². The average Bonchev–Trinajstić information content (AvgIpc) is 2.57. The van der Waals surface area contributed by atoms with Crippen LogP contribution in [-0.4, -0.2) is 16.9 Å². The Hall–Kier alpha value is -2.94. The van der Waals surface area contributed by atoms with Gasteiger partial charge in [-0.3, -0.25) is 4.79 Å². The minimum Gasteiger partial charge on any atom is -0.478 e. The van der Waals surface area contributed by atoms with Crippen LogP contribution in [0.4, 0.5) is 0 Å². The van der Waals surface area contributed by atoms with E-state index in [4.69, 9.17) is 4.74 Å². The monoisotopic (exact) mass is 287 g/mol. The Morgan fingerprint density at radius 2 is 1.73 bits per heavy atom. The molecular weight excluding hydrogens is 274 g/mol. The third-order valence-electron chi connectivity index (χ3n) is 3.71. The summed E-state index contributed by atoms with van der Waals surface area (Å²) < 4.78 is 5.77. The molecule has 0 aliphatic heterocycles. The first-order chi connectivity index (χ1) is 10.8. The van der Waals surface area contributed by atoms with Crippen molar-refractivity contribution in [2.24, 2.45) is 0 Å². The van der Waals surface area contributed by atoms with Crippen molar-refractivity contribution in [3.8, 4) is 5.75 Å². The molecule has 1 unspecified atom stereocenters. The number of hydrogen-bond donors (Lipinski definition) is 0. The second-order valence-corrected chi connectivity index (χ2v) is 5.19. The standard InChI is InChI=1S/C19H13NO2/c21-19-15-12-13-6-4-5-9-16(13)20-17(15)10-11-18(19)22-14-7-2-1-3-8-14/h1-12,18H. The van der Waals surface area contributed by atoms with E-state index in [1.807, 2.05) is 66.7 Å². The normalized spacial score (nSPS) is 16.5. The van der Waals surface area contributed by atoms with Gasteiger partial charge >= 0.3 is 0 Å². The molecule has 3 aromatic rings. The number of rotatable bonds is 2. The number of benzene rings is 2. The van der Waals surface area contributed by atoms with Gasteiger partial charge in [0.1, 0.15) is 5.75 Å². The van der Waals surface area contributed by atoms with E-state index in [1.165, 1.54) is 0 Å². The summed E-state index contributed by atoms with van der Waals surface area (Å²) in [6.45, 7) is 0. The van der Waals surface area contributed by atoms with Gasteiger partial charge in [0.05, 0.1) is 11.2 Å². The molecule has 106 valence electrons. The summed E-state index contributed by atoms with van der Waals surface area (Å²) in [5, 5.41) is 0.961. The lowest BCUT2D eigenvalue weighted by atomic mass is 9.96. The Morgan fingerprint density at radius 3 is 2.59 bits per heavy atom. The number of Topliss-reactive ketones (excluding diaryl/α,β-unsaturated/α-hetero) is 1. The van der Waals surface area contributed by atoms with E-state index < -0.39 is 6.10 Å². The molecule has 0 fully saturated rings. The number of fused-ring (bicyclic) bond motifs is 2. The lowest BCUT2D eigenvalue weighted by Gasteiger charge is -2.19. The molecule has 3 heteroatoms. The van der Waals surface area contributed by atoms with E-state index in [-0.39, 0.29) is 5.78 Å². The van der Waals surface area contributed by atoms with Crippen LogP contribution in [0.15, 0.2) is 66.7 Å². The summed E-state index contributed by atoms with van der Waals surface area (Å²) in [5.41, 5.74) is 2.21. The van der Waals surface area contributed by atoms with E-state index in [0.717, 1.165) is 10.9 Å². The lowest BCUT2D eigenvalue weighted by molar-refractivity contribution is 0.0849. The predicted octanol–water partition coefficient (Wildman–Crippen LogP) is 3.89. The first kappa shape index (κ1) is 12.8. The minimum absolute atomic E-state index is 0.0559. The van der Waals surface area contributed by atoms with Crippen molar-refractivity contribution < 1.29 is 9.53 Å². The molecule has 0 radical (unpaired) electrons. The molecule has 3 nitrogen and oxygen atoms in total. The summed E-state index contributed by atoms with van der Waals surface area (Å²) in [6.07, 6.45) is 3.02. The Kier molecular flexibility index (Phi) is 2.97. The fraction of sp³-hybridized carbons (Fsp3) is 0.0526. The summed E-state index contributed by atoms with van der Waals surface area (Å²) in [5.74, 6) is 0.627. The van der Waals surface area contributed by atoms with Crippen molar-refractivity contribution in [1.29, 1.82) is 0 Å². The second kappa shape index (κ2) is 5.11. The van der Waals surface area contributed by atoms with Gasteiger partial charge in [0, 0.05) is 10.9 Å². The highest BCUT2D eigenvalue weighted by atomic mass is 16.5. The summed E-state index contributed by atoms with van der Waals surface area (Å²) >= 11 is 0. The molecule has 0 saturated carbocycles. The number of pyridine rings is 1. The largest absolute Gasteiger partial charge is 0.478 e. The van der Waals surface area contributed by atoms with E-state index >= 15 is 0 Å². The van der Waals surface area contributed by atoms with Crippen LogP contribution in [0.1, 0.15) is 16.1 Å². The Balaban J connectivity index is 1.72. The number of hydrogen-bond acceptors (Lipinski definition) is 3. The van der Waals surface area contributed by atoms with Crippen molar-refractivity contribution >= 4 is 22.8 Å². The topological polar surface area (TPSA) is 39.2 Å². The smallest absolute Gasteiger partial charge is 0.209 e. The molecule has 0 saturated heterocycles. The number of ether oxygens (including phenoxy) is 1. The predicted molar refractivity (Wildman–Crippen MR) is 86.0 cm³/mol. The van der Waals surface area contributed by atoms with Gasteiger partial charge in [-0.25, -0.2) is 4.98 Å². The highest BCUT2D eigenvalue weighted by Gasteiger charge is 2.26. The maximum Gasteiger partial charge on any atom is 0.209 e. The average molecular weight is 287 g/mol. The molecule has 0 N–H and O–H groups in total. The van der Waals surface area contributed by atoms with Gasteiger partial charge in [0.15, 0.2) is 6.10 Å². The number of ketones is 1. The van der Waals surface area contributed by atoms with Crippen molar-refractivity contribution in [3.05, 3.63) is 78.0 Å². The van der Waals surface area contributed by atoms with Crippen LogP contribution in [0.5, 0.6) is 5.75 Å². The zero-order chi connectivity index (χ0) is 14.9. The Bertz CT molecular complexity index is 884. The third-order valence-corrected chi connectivity index (χ3v) is 3.71. The summed E-state index contributed by atoms with van der Waals surface area (Å²) in [7, 11) is 0. The first-order valence-corrected chi connectivity index (χ1v) is 7.15. The van der Waals surface area contributed by atoms with Crippen LogP contribution in [0.2, 0.25) is 0 Å². The molecule has 1 aliphatic rings. The van der Waals surface area contributed by atoms with Crippen LogP contribution in [0, 0.1) is 0 Å². The molecule has 22 heavy (non-hydrogen) atoms.